The second-order valence-electron chi connectivity index (χ2n) is 9.20. The summed E-state index contributed by atoms with van der Waals surface area (Å²) in [6.45, 7) is 5.12. The molecular weight excluding hydrogens is 448 g/mol. The van der Waals surface area contributed by atoms with E-state index in [-0.39, 0.29) is 24.2 Å². The number of ether oxygens (including phenoxy) is 1. The molecule has 2 aliphatic heterocycles. The number of nitrogens with zero attached hydrogens (tertiary/aromatic N) is 2. The first-order chi connectivity index (χ1) is 17.0. The molecule has 3 heterocycles. The Balaban J connectivity index is 1.47. The highest BCUT2D eigenvalue weighted by Gasteiger charge is 2.26. The van der Waals surface area contributed by atoms with Crippen LogP contribution in [-0.4, -0.2) is 34.1 Å². The van der Waals surface area contributed by atoms with E-state index in [4.69, 9.17) is 4.74 Å². The van der Waals surface area contributed by atoms with Crippen LogP contribution in [0.1, 0.15) is 41.6 Å². The molecule has 1 saturated heterocycles. The smallest absolute Gasteiger partial charge is 0.326 e. The quantitative estimate of drug-likeness (QED) is 0.436. The average Bonchev–Trinajstić information content (AvgIpc) is 3.40. The number of hydrogen-bond acceptors (Lipinski definition) is 3. The number of rotatable bonds is 3. The van der Waals surface area contributed by atoms with Gasteiger partial charge in [-0.1, -0.05) is 19.1 Å². The van der Waals surface area contributed by atoms with Gasteiger partial charge in [-0.25, -0.2) is 13.6 Å². The maximum Gasteiger partial charge on any atom is 0.326 e. The third-order valence-electron chi connectivity index (χ3n) is 7.09. The number of likely N-dealkylation sites (tertiary alicyclic amines) is 1. The van der Waals surface area contributed by atoms with Crippen LogP contribution in [0.25, 0.3) is 22.7 Å². The van der Waals surface area contributed by atoms with Crippen molar-refractivity contribution >= 4 is 22.7 Å². The van der Waals surface area contributed by atoms with Crippen molar-refractivity contribution in [1.29, 1.82) is 0 Å². The van der Waals surface area contributed by atoms with E-state index in [0.29, 0.717) is 11.3 Å². The second-order valence-corrected chi connectivity index (χ2v) is 9.20. The third-order valence-corrected chi connectivity index (χ3v) is 7.09. The molecule has 0 radical (unpaired) electrons. The second kappa shape index (κ2) is 8.50. The van der Waals surface area contributed by atoms with Gasteiger partial charge in [-0.05, 0) is 72.1 Å². The molecule has 7 heteroatoms. The first-order valence-electron chi connectivity index (χ1n) is 11.9. The fourth-order valence-corrected chi connectivity index (χ4v) is 5.32. The van der Waals surface area contributed by atoms with Gasteiger partial charge in [0.15, 0.2) is 0 Å². The Morgan fingerprint density at radius 3 is 2.66 bits per heavy atom. The van der Waals surface area contributed by atoms with Crippen LogP contribution < -0.4 is 10.4 Å². The van der Waals surface area contributed by atoms with Gasteiger partial charge in [0.05, 0.1) is 17.1 Å². The molecule has 178 valence electrons. The molecule has 0 amide bonds. The van der Waals surface area contributed by atoms with Crippen LogP contribution >= 0.6 is 0 Å². The van der Waals surface area contributed by atoms with Gasteiger partial charge in [0, 0.05) is 30.3 Å². The van der Waals surface area contributed by atoms with E-state index in [2.05, 4.69) is 16.8 Å². The summed E-state index contributed by atoms with van der Waals surface area (Å²) < 4.78 is 35.7. The van der Waals surface area contributed by atoms with Crippen LogP contribution in [-0.2, 0) is 6.61 Å². The zero-order valence-corrected chi connectivity index (χ0v) is 19.4. The molecule has 1 fully saturated rings. The fourth-order valence-electron chi connectivity index (χ4n) is 5.32. The molecule has 6 rings (SSSR count). The minimum absolute atomic E-state index is 0.0998. The van der Waals surface area contributed by atoms with Gasteiger partial charge in [-0.15, -0.1) is 0 Å². The predicted molar refractivity (Wildman–Crippen MR) is 132 cm³/mol. The highest BCUT2D eigenvalue weighted by atomic mass is 19.1. The highest BCUT2D eigenvalue weighted by molar-refractivity contribution is 5.95. The van der Waals surface area contributed by atoms with E-state index in [1.165, 1.54) is 24.3 Å². The van der Waals surface area contributed by atoms with Gasteiger partial charge in [-0.3, -0.25) is 4.57 Å². The van der Waals surface area contributed by atoms with Crippen molar-refractivity contribution in [3.8, 4) is 5.75 Å². The summed E-state index contributed by atoms with van der Waals surface area (Å²) in [7, 11) is 0. The Bertz CT molecular complexity index is 1480. The highest BCUT2D eigenvalue weighted by Crippen LogP contribution is 2.39. The molecule has 0 aliphatic carbocycles. The molecule has 1 aromatic heterocycles. The predicted octanol–water partition coefficient (Wildman–Crippen LogP) is 5.36. The molecular formula is C28H25F2N3O2. The Kier molecular flexibility index (Phi) is 5.29. The van der Waals surface area contributed by atoms with Gasteiger partial charge < -0.3 is 14.6 Å². The Labute approximate surface area is 201 Å². The van der Waals surface area contributed by atoms with Crippen LogP contribution in [0, 0.1) is 11.6 Å². The normalized spacial score (nSPS) is 18.9. The monoisotopic (exact) mass is 473 g/mol. The number of likely N-dealkylation sites (N-methyl/N-ethyl adjacent to an activating group) is 1. The van der Waals surface area contributed by atoms with Crippen LogP contribution in [0.5, 0.6) is 5.75 Å². The minimum Gasteiger partial charge on any atom is -0.488 e. The van der Waals surface area contributed by atoms with Crippen LogP contribution in [0.4, 0.5) is 8.78 Å². The SMILES string of the molecule is CCN1CC[C@H](n2c(=O)[nH]c3cc(/C=C4\c5ccc(F)cc5COc5cc(F)ccc54)ccc32)C1. The van der Waals surface area contributed by atoms with Gasteiger partial charge in [-0.2, -0.15) is 0 Å². The molecule has 0 saturated carbocycles. The molecule has 0 spiro atoms. The molecule has 1 N–H and O–H groups in total. The lowest BCUT2D eigenvalue weighted by Gasteiger charge is -2.14. The van der Waals surface area contributed by atoms with Crippen molar-refractivity contribution in [2.45, 2.75) is 26.0 Å². The number of fused-ring (bicyclic) bond motifs is 3. The molecule has 0 unspecified atom stereocenters. The molecule has 0 bridgehead atoms. The summed E-state index contributed by atoms with van der Waals surface area (Å²) in [4.78, 5) is 18.2. The standard InChI is InChI=1S/C28H25F2N3O2/c1-2-32-10-9-21(15-32)33-26-8-3-17(12-25(26)31-28(33)34)11-24-22-6-4-19(29)13-18(22)16-35-27-14-20(30)5-7-23(24)27/h3-8,11-14,21H,2,9-10,15-16H2,1H3,(H,31,34)/b24-11+/t21-/m0/s1. The maximum absolute atomic E-state index is 14.0. The van der Waals surface area contributed by atoms with Crippen molar-refractivity contribution in [2.75, 3.05) is 19.6 Å². The zero-order valence-electron chi connectivity index (χ0n) is 19.4. The zero-order chi connectivity index (χ0) is 24.1. The van der Waals surface area contributed by atoms with E-state index in [9.17, 15) is 13.6 Å². The van der Waals surface area contributed by atoms with Gasteiger partial charge in [0.1, 0.15) is 24.0 Å². The molecule has 2 aliphatic rings. The van der Waals surface area contributed by atoms with Crippen molar-refractivity contribution in [3.63, 3.8) is 0 Å². The first-order valence-corrected chi connectivity index (χ1v) is 11.9. The van der Waals surface area contributed by atoms with Gasteiger partial charge >= 0.3 is 5.69 Å². The molecule has 3 aromatic carbocycles. The number of halogens is 2. The number of aromatic amines is 1. The number of aromatic nitrogens is 2. The van der Waals surface area contributed by atoms with Crippen molar-refractivity contribution in [3.05, 3.63) is 99.0 Å². The topological polar surface area (TPSA) is 50.3 Å². The van der Waals surface area contributed by atoms with Crippen molar-refractivity contribution in [1.82, 2.24) is 14.5 Å². The van der Waals surface area contributed by atoms with Crippen LogP contribution in [0.2, 0.25) is 0 Å². The number of benzene rings is 3. The van der Waals surface area contributed by atoms with Gasteiger partial charge in [0.2, 0.25) is 0 Å². The summed E-state index contributed by atoms with van der Waals surface area (Å²) >= 11 is 0. The molecule has 4 aromatic rings. The lowest BCUT2D eigenvalue weighted by molar-refractivity contribution is 0.305. The van der Waals surface area contributed by atoms with E-state index in [1.807, 2.05) is 28.8 Å². The first kappa shape index (κ1) is 21.8. The summed E-state index contributed by atoms with van der Waals surface area (Å²) in [6, 6.07) is 15.1. The fraction of sp³-hybridized carbons (Fsp3) is 0.250. The largest absolute Gasteiger partial charge is 0.488 e. The number of H-pyrrole nitrogens is 1. The van der Waals surface area contributed by atoms with E-state index < -0.39 is 5.82 Å². The van der Waals surface area contributed by atoms with Crippen molar-refractivity contribution in [2.24, 2.45) is 0 Å². The van der Waals surface area contributed by atoms with E-state index >= 15 is 0 Å². The molecule has 35 heavy (non-hydrogen) atoms. The van der Waals surface area contributed by atoms with Gasteiger partial charge in [0.25, 0.3) is 0 Å². The number of hydrogen-bond donors (Lipinski definition) is 1. The van der Waals surface area contributed by atoms with E-state index in [1.54, 1.807) is 12.1 Å². The number of nitrogens with one attached hydrogen (secondary N) is 1. The maximum atomic E-state index is 14.0. The summed E-state index contributed by atoms with van der Waals surface area (Å²) in [5, 5.41) is 0. The summed E-state index contributed by atoms with van der Waals surface area (Å²) in [6.07, 6.45) is 2.93. The summed E-state index contributed by atoms with van der Waals surface area (Å²) in [5.74, 6) is -0.331. The average molecular weight is 474 g/mol. The van der Waals surface area contributed by atoms with E-state index in [0.717, 1.165) is 59.4 Å². The molecule has 1 atom stereocenters. The third kappa shape index (κ3) is 3.86. The minimum atomic E-state index is -0.394. The Hall–Kier alpha value is -3.71. The lowest BCUT2D eigenvalue weighted by Crippen LogP contribution is -2.26. The Morgan fingerprint density at radius 2 is 1.86 bits per heavy atom. The summed E-state index contributed by atoms with van der Waals surface area (Å²) in [5.41, 5.74) is 5.48. The molecule has 5 nitrogen and oxygen atoms in total. The number of imidazole rings is 1. The Morgan fingerprint density at radius 1 is 1.06 bits per heavy atom. The van der Waals surface area contributed by atoms with Crippen molar-refractivity contribution < 1.29 is 13.5 Å². The lowest BCUT2D eigenvalue weighted by atomic mass is 9.92. The van der Waals surface area contributed by atoms with Crippen LogP contribution in [0.15, 0.2) is 59.4 Å². The van der Waals surface area contributed by atoms with Crippen LogP contribution in [0.3, 0.4) is 0 Å².